The minimum Gasteiger partial charge on any atom is -0.460 e. The molecule has 17 rings (SSSR count). The summed E-state index contributed by atoms with van der Waals surface area (Å²) in [4.78, 5) is 83.5. The average Bonchev–Trinajstić information content (AvgIpc) is 1.63. The van der Waals surface area contributed by atoms with Crippen LogP contribution in [-0.4, -0.2) is 196 Å². The molecule has 36 heteroatoms. The molecular weight excluding hydrogens is 1780 g/mol. The highest BCUT2D eigenvalue weighted by Crippen LogP contribution is 2.55. The molecule has 0 aromatic heterocycles. The number of nitrogens with two attached hydrogens (primary N) is 2. The lowest BCUT2D eigenvalue weighted by Gasteiger charge is -2.36. The number of ketones is 2. The number of nitro benzene ring substituents is 1. The van der Waals surface area contributed by atoms with Crippen molar-refractivity contribution in [1.82, 2.24) is 0 Å². The quantitative estimate of drug-likeness (QED) is 0.0150. The lowest BCUT2D eigenvalue weighted by atomic mass is 9.78. The highest BCUT2D eigenvalue weighted by Gasteiger charge is 2.60. The van der Waals surface area contributed by atoms with E-state index < -0.39 is 124 Å². The SMILES string of the molecule is CC(C)(C)OC(=O)CC1=N[C@@]2(c3cc(N)ccc3F)COC(CF)[C@H]2CS1.CC(C)(C)OC(=O)CC1=N[C@@]2(c3cc([N+](=O)[O-])ccc3F)COC(CF)[C@H]2CS1.NC1=N[C@@]2(c3ccccc3F)COC(CF)[C@H]2CS1.O=C(CC1=N[C@@]2(c3ccccc3F)COC(CF)[C@H]2CS1)c1ccccc1.O=C(CC1=N[C@@]2(c3ccccc3F)COC(CO)[C@H]2CS1)c1ccccc1. The molecular formula is C93H99F9N8O14S5. The average molecular weight is 1880 g/mol. The smallest absolute Gasteiger partial charge is 0.312 e. The summed E-state index contributed by atoms with van der Waals surface area (Å²) in [6.45, 7) is 8.22. The number of Topliss-reactive ketones (excluding diaryl/α,β-unsaturated/α-hetero) is 2. The number of anilines is 1. The van der Waals surface area contributed by atoms with E-state index in [1.807, 2.05) is 36.4 Å². The van der Waals surface area contributed by atoms with Gasteiger partial charge in [0.25, 0.3) is 5.69 Å². The van der Waals surface area contributed by atoms with E-state index >= 15 is 0 Å². The second kappa shape index (κ2) is 41.9. The molecule has 7 aromatic carbocycles. The third-order valence-electron chi connectivity index (χ3n) is 23.8. The summed E-state index contributed by atoms with van der Waals surface area (Å²) < 4.78 is 165. The maximum absolute atomic E-state index is 14.8. The van der Waals surface area contributed by atoms with Crippen LogP contribution >= 0.6 is 58.8 Å². The number of nitrogen functional groups attached to an aromatic ring is 1. The first kappa shape index (κ1) is 97.6. The van der Waals surface area contributed by atoms with Crippen LogP contribution in [0.4, 0.5) is 50.9 Å². The predicted octanol–water partition coefficient (Wildman–Crippen LogP) is 17.2. The Bertz CT molecular complexity index is 5250. The first-order valence-electron chi connectivity index (χ1n) is 41.8. The molecule has 0 spiro atoms. The molecule has 5 fully saturated rings. The van der Waals surface area contributed by atoms with Crippen molar-refractivity contribution in [3.05, 3.63) is 248 Å². The Labute approximate surface area is 762 Å². The molecule has 7 aromatic rings. The highest BCUT2D eigenvalue weighted by atomic mass is 32.2. The topological polar surface area (TPSA) is 310 Å². The van der Waals surface area contributed by atoms with Gasteiger partial charge in [-0.2, -0.15) is 0 Å². The summed E-state index contributed by atoms with van der Waals surface area (Å²) in [7, 11) is 0. The molecule has 688 valence electrons. The lowest BCUT2D eigenvalue weighted by Crippen LogP contribution is -2.42. The third-order valence-corrected chi connectivity index (χ3v) is 29.1. The van der Waals surface area contributed by atoms with E-state index in [0.29, 0.717) is 87.6 Å². The summed E-state index contributed by atoms with van der Waals surface area (Å²) in [6.07, 6.45) is -2.78. The first-order valence-corrected chi connectivity index (χ1v) is 46.7. The number of esters is 2. The minimum atomic E-state index is -1.32. The number of amidine groups is 1. The van der Waals surface area contributed by atoms with Gasteiger partial charge < -0.3 is 49.7 Å². The van der Waals surface area contributed by atoms with Crippen molar-refractivity contribution >= 4 is 119 Å². The Hall–Kier alpha value is -8.95. The molecule has 0 bridgehead atoms. The van der Waals surface area contributed by atoms with Crippen molar-refractivity contribution in [3.63, 3.8) is 0 Å². The Morgan fingerprint density at radius 3 is 1.05 bits per heavy atom. The van der Waals surface area contributed by atoms with E-state index in [2.05, 4.69) is 9.98 Å². The zero-order valence-corrected chi connectivity index (χ0v) is 75.5. The largest absolute Gasteiger partial charge is 0.460 e. The van der Waals surface area contributed by atoms with E-state index in [1.165, 1.54) is 95.2 Å². The third kappa shape index (κ3) is 21.7. The number of fused-ring (bicyclic) bond motifs is 5. The molecule has 5 N–H and O–H groups in total. The van der Waals surface area contributed by atoms with Crippen LogP contribution in [0.1, 0.15) is 116 Å². The Morgan fingerprint density at radius 1 is 0.411 bits per heavy atom. The molecule has 0 aliphatic carbocycles. The number of benzene rings is 7. The molecule has 0 amide bonds. The number of hydrogen-bond acceptors (Lipinski definition) is 26. The molecule has 15 atom stereocenters. The molecule has 129 heavy (non-hydrogen) atoms. The van der Waals surface area contributed by atoms with Crippen LogP contribution in [0, 0.1) is 68.8 Å². The van der Waals surface area contributed by atoms with E-state index in [4.69, 9.17) is 59.6 Å². The number of aliphatic hydroxyl groups is 1. The summed E-state index contributed by atoms with van der Waals surface area (Å²) in [5, 5.41) is 23.5. The van der Waals surface area contributed by atoms with Gasteiger partial charge in [-0.25, -0.2) is 44.5 Å². The second-order valence-electron chi connectivity index (χ2n) is 34.3. The van der Waals surface area contributed by atoms with Gasteiger partial charge >= 0.3 is 11.9 Å². The number of rotatable bonds is 21. The first-order chi connectivity index (χ1) is 61.6. The molecule has 0 radical (unpaired) electrons. The number of ether oxygens (including phenoxy) is 7. The number of carbonyl (C=O) groups excluding carboxylic acids is 4. The Kier molecular flexibility index (Phi) is 31.7. The number of aliphatic imine (C=N–C) groups is 5. The maximum Gasteiger partial charge on any atom is 0.312 e. The molecule has 0 saturated carbocycles. The summed E-state index contributed by atoms with van der Waals surface area (Å²) >= 11 is 6.94. The van der Waals surface area contributed by atoms with Gasteiger partial charge in [0.2, 0.25) is 0 Å². The number of nitrogens with zero attached hydrogens (tertiary/aromatic N) is 6. The number of alkyl halides is 4. The van der Waals surface area contributed by atoms with Crippen molar-refractivity contribution in [2.45, 2.75) is 137 Å². The van der Waals surface area contributed by atoms with Crippen molar-refractivity contribution in [1.29, 1.82) is 0 Å². The van der Waals surface area contributed by atoms with Crippen LogP contribution in [0.5, 0.6) is 0 Å². The predicted molar refractivity (Wildman–Crippen MR) is 484 cm³/mol. The second-order valence-corrected chi connectivity index (χ2v) is 39.7. The van der Waals surface area contributed by atoms with Crippen molar-refractivity contribution in [2.75, 3.05) is 101 Å². The Morgan fingerprint density at radius 2 is 0.705 bits per heavy atom. The van der Waals surface area contributed by atoms with Gasteiger partial charge in [-0.1, -0.05) is 127 Å². The molecule has 5 unspecified atom stereocenters. The number of halogens is 9. The zero-order valence-electron chi connectivity index (χ0n) is 71.4. The van der Waals surface area contributed by atoms with Crippen LogP contribution in [0.25, 0.3) is 0 Å². The number of non-ortho nitro benzene ring substituents is 1. The molecule has 10 aliphatic rings. The van der Waals surface area contributed by atoms with Crippen molar-refractivity contribution in [3.8, 4) is 0 Å². The number of aliphatic hydroxyl groups excluding tert-OH is 1. The molecule has 10 aliphatic heterocycles. The van der Waals surface area contributed by atoms with Crippen LogP contribution in [0.3, 0.4) is 0 Å². The van der Waals surface area contributed by atoms with Gasteiger partial charge in [0, 0.05) is 115 Å². The fraction of sp³-hybridized carbons (Fsp3) is 0.452. The standard InChI is InChI=1S/C21H19F2NO2S.C21H20FNO3S.C19H22F2N2O5S.C19H24F2N2O3S.C13H14F2N2OS/c22-11-19-16-12-27-20(10-18(25)14-6-2-1-3-7-14)24-21(16,13-26-19)15-8-4-5-9-17(15)23;22-17-9-5-4-8-15(17)21-13-26-19(11-24)16(21)12-27-20(23-21)10-18(25)14-6-2-1-3-7-14;1-18(2,3)28-17(24)7-16-22-19(10-27-15(8-20)13(19)9-29-16)12-6-11(23(25)26)4-5-14(12)21;1-18(2,3)26-17(24)7-16-23-19(12-6-11(22)4-5-14(12)21)10-25-15(8-20)13(19)9-27-16;14-5-11-9-6-19-12(16)17-13(9,7-18-11)8-3-1-2-4-10(8)15/h1-9,16,19H,10-13H2;1-9,16,19,24H,10-13H2;4-6,13,15H,7-10H2,1-3H3;4-6,13,15H,7-10,22H2,1-3H3;1-4,9,11H,5-7H2,(H2,16,17)/t2*16-,19?,21-;2*13-,15?,19-;9-,11?,13-/m11111/s1. The Balaban J connectivity index is 0.000000138. The zero-order chi connectivity index (χ0) is 92.4. The van der Waals surface area contributed by atoms with Crippen molar-refractivity contribution < 1.29 is 102 Å². The van der Waals surface area contributed by atoms with Crippen molar-refractivity contribution in [2.24, 2.45) is 60.3 Å². The van der Waals surface area contributed by atoms with Gasteiger partial charge in [0.05, 0.1) is 121 Å². The maximum atomic E-state index is 14.8. The van der Waals surface area contributed by atoms with Crippen LogP contribution in [0.15, 0.2) is 195 Å². The fourth-order valence-corrected chi connectivity index (χ4v) is 24.0. The van der Waals surface area contributed by atoms with Gasteiger partial charge in [0.1, 0.15) is 94.7 Å². The van der Waals surface area contributed by atoms with Gasteiger partial charge in [-0.3, -0.25) is 49.3 Å². The fourth-order valence-electron chi connectivity index (χ4n) is 17.6. The number of hydrogen-bond donors (Lipinski definition) is 3. The van der Waals surface area contributed by atoms with Crippen LogP contribution in [0.2, 0.25) is 0 Å². The summed E-state index contributed by atoms with van der Waals surface area (Å²) in [5.74, 6) is -2.02. The molecule has 10 heterocycles. The van der Waals surface area contributed by atoms with E-state index in [9.17, 15) is 73.9 Å². The van der Waals surface area contributed by atoms with E-state index in [0.717, 1.165) is 18.2 Å². The van der Waals surface area contributed by atoms with E-state index in [-0.39, 0.29) is 141 Å². The number of carbonyl (C=O) groups is 4. The number of thioether (sulfide) groups is 5. The van der Waals surface area contributed by atoms with Crippen LogP contribution in [-0.2, 0) is 70.4 Å². The highest BCUT2D eigenvalue weighted by molar-refractivity contribution is 8.15. The summed E-state index contributed by atoms with van der Waals surface area (Å²) in [5.41, 5.74) is 8.17. The van der Waals surface area contributed by atoms with Gasteiger partial charge in [0.15, 0.2) is 16.7 Å². The number of nitro groups is 1. The van der Waals surface area contributed by atoms with Gasteiger partial charge in [-0.15, -0.1) is 47.0 Å². The minimum absolute atomic E-state index is 0.0124. The van der Waals surface area contributed by atoms with Crippen LogP contribution < -0.4 is 11.5 Å². The lowest BCUT2D eigenvalue weighted by molar-refractivity contribution is -0.385. The molecule has 22 nitrogen and oxygen atoms in total. The monoisotopic (exact) mass is 1880 g/mol. The summed E-state index contributed by atoms with van der Waals surface area (Å²) in [6, 6.07) is 45.0. The molecule has 5 saturated heterocycles. The normalized spacial score (nSPS) is 28.1. The van der Waals surface area contributed by atoms with E-state index in [1.54, 1.807) is 120 Å². The van der Waals surface area contributed by atoms with Gasteiger partial charge in [-0.05, 0) is 84.0 Å².